The summed E-state index contributed by atoms with van der Waals surface area (Å²) < 4.78 is 5.17. The van der Waals surface area contributed by atoms with Gasteiger partial charge in [0.25, 0.3) is 0 Å². The maximum atomic E-state index is 12.1. The van der Waals surface area contributed by atoms with E-state index in [-0.39, 0.29) is 12.0 Å². The van der Waals surface area contributed by atoms with Crippen LogP contribution < -0.4 is 0 Å². The van der Waals surface area contributed by atoms with Crippen LogP contribution in [0.2, 0.25) is 11.3 Å². The van der Waals surface area contributed by atoms with Crippen LogP contribution in [0.15, 0.2) is 36.5 Å². The van der Waals surface area contributed by atoms with Crippen molar-refractivity contribution in [3.05, 3.63) is 63.9 Å². The molecule has 1 aromatic carbocycles. The van der Waals surface area contributed by atoms with Crippen LogP contribution >= 0.6 is 11.6 Å². The first kappa shape index (κ1) is 20.0. The molecule has 4 rings (SSSR count). The molecule has 1 fully saturated rings. The number of rotatable bonds is 3. The minimum atomic E-state index is -0.218. The van der Waals surface area contributed by atoms with Gasteiger partial charge in [-0.2, -0.15) is 0 Å². The van der Waals surface area contributed by atoms with Crippen LogP contribution in [0.1, 0.15) is 48.1 Å². The number of benzene rings is 1. The number of aromatic nitrogens is 1. The second-order valence-electron chi connectivity index (χ2n) is 7.58. The number of nitrogens with zero attached hydrogens (tertiary/aromatic N) is 2. The number of pyridine rings is 1. The minimum Gasteiger partial charge on any atom is -0.450 e. The predicted molar refractivity (Wildman–Crippen MR) is 117 cm³/mol. The van der Waals surface area contributed by atoms with Gasteiger partial charge in [0.15, 0.2) is 0 Å². The highest BCUT2D eigenvalue weighted by atomic mass is 35.5. The van der Waals surface area contributed by atoms with Crippen LogP contribution in [-0.2, 0) is 4.74 Å². The number of carbonyl (C=O) groups is 1. The summed E-state index contributed by atoms with van der Waals surface area (Å²) in [6, 6.07) is 10.2. The zero-order valence-corrected chi connectivity index (χ0v) is 17.4. The fourth-order valence-electron chi connectivity index (χ4n) is 4.58. The third-order valence-electron chi connectivity index (χ3n) is 5.95. The smallest absolute Gasteiger partial charge is 0.409 e. The summed E-state index contributed by atoms with van der Waals surface area (Å²) in [6.07, 6.45) is 6.03. The number of allylic oxidation sites excluding steroid dienone is 1. The van der Waals surface area contributed by atoms with Crippen LogP contribution in [0, 0.1) is 5.92 Å². The first-order valence-corrected chi connectivity index (χ1v) is 10.6. The van der Waals surface area contributed by atoms with Crippen molar-refractivity contribution in [2.75, 3.05) is 19.7 Å². The van der Waals surface area contributed by atoms with E-state index in [0.29, 0.717) is 37.0 Å². The molecule has 29 heavy (non-hydrogen) atoms. The van der Waals surface area contributed by atoms with Crippen LogP contribution in [0.25, 0.3) is 11.6 Å². The number of carbonyl (C=O) groups excluding carboxylic acids is 1. The van der Waals surface area contributed by atoms with E-state index >= 15 is 0 Å². The molecule has 2 radical (unpaired) electrons. The number of ether oxygens (including phenoxy) is 1. The van der Waals surface area contributed by atoms with Crippen molar-refractivity contribution in [3.63, 3.8) is 0 Å². The third kappa shape index (κ3) is 3.93. The molecule has 1 saturated heterocycles. The Balaban J connectivity index is 1.72. The third-order valence-corrected chi connectivity index (χ3v) is 6.18. The predicted octanol–water partition coefficient (Wildman–Crippen LogP) is 5.18. The first-order valence-electron chi connectivity index (χ1n) is 10.2. The molecule has 6 heteroatoms. The molecular formula is C23H24BClN2O2. The van der Waals surface area contributed by atoms with Crippen LogP contribution in [-0.4, -0.2) is 43.5 Å². The van der Waals surface area contributed by atoms with E-state index in [2.05, 4.69) is 18.2 Å². The van der Waals surface area contributed by atoms with Gasteiger partial charge < -0.3 is 9.64 Å². The molecule has 0 N–H and O–H groups in total. The highest BCUT2D eigenvalue weighted by molar-refractivity contribution is 6.30. The lowest BCUT2D eigenvalue weighted by molar-refractivity contribution is 0.0900. The molecule has 0 bridgehead atoms. The zero-order chi connectivity index (χ0) is 20.4. The van der Waals surface area contributed by atoms with Gasteiger partial charge in [-0.05, 0) is 66.1 Å². The van der Waals surface area contributed by atoms with E-state index in [1.54, 1.807) is 0 Å². The van der Waals surface area contributed by atoms with Gasteiger partial charge in [0.1, 0.15) is 0 Å². The zero-order valence-electron chi connectivity index (χ0n) is 16.6. The molecule has 2 heterocycles. The molecular weight excluding hydrogens is 383 g/mol. The van der Waals surface area contributed by atoms with Crippen molar-refractivity contribution >= 4 is 37.2 Å². The van der Waals surface area contributed by atoms with Crippen LogP contribution in [0.3, 0.4) is 0 Å². The molecule has 1 aromatic heterocycles. The average Bonchev–Trinajstić information content (AvgIpc) is 2.88. The molecule has 148 valence electrons. The standard InChI is InChI=1S/C23H24BClN2O2/c1-2-29-23(28)27-10-7-15(8-11-27)21-19-6-5-18(25)13-16(19)12-17(14-24)20-4-3-9-26-22(20)21/h3-6,9,12-13,15,21H,2,7-8,10-11,14H2,1H3. The topological polar surface area (TPSA) is 42.4 Å². The summed E-state index contributed by atoms with van der Waals surface area (Å²) in [5.74, 6) is 0.517. The lowest BCUT2D eigenvalue weighted by Gasteiger charge is -2.36. The molecule has 1 amide bonds. The van der Waals surface area contributed by atoms with E-state index in [1.165, 1.54) is 5.56 Å². The monoisotopic (exact) mass is 406 g/mol. The van der Waals surface area contributed by atoms with E-state index in [1.807, 2.05) is 36.2 Å². The summed E-state index contributed by atoms with van der Waals surface area (Å²) in [6.45, 7) is 3.63. The first-order chi connectivity index (χ1) is 14.1. The van der Waals surface area contributed by atoms with Crippen molar-refractivity contribution in [2.45, 2.75) is 32.0 Å². The summed E-state index contributed by atoms with van der Waals surface area (Å²) >= 11 is 6.32. The SMILES string of the molecule is [B]CC1=Cc2cc(Cl)ccc2C(C2CCN(C(=O)OCC)CC2)c2ncccc21. The Labute approximate surface area is 178 Å². The summed E-state index contributed by atoms with van der Waals surface area (Å²) in [7, 11) is 6.10. The maximum Gasteiger partial charge on any atom is 0.409 e. The summed E-state index contributed by atoms with van der Waals surface area (Å²) in [5.41, 5.74) is 5.59. The van der Waals surface area contributed by atoms with Gasteiger partial charge in [-0.3, -0.25) is 4.98 Å². The van der Waals surface area contributed by atoms with Crippen molar-refractivity contribution in [2.24, 2.45) is 5.92 Å². The van der Waals surface area contributed by atoms with Gasteiger partial charge in [0.2, 0.25) is 0 Å². The van der Waals surface area contributed by atoms with Crippen molar-refractivity contribution in [3.8, 4) is 0 Å². The lowest BCUT2D eigenvalue weighted by atomic mass is 9.76. The van der Waals surface area contributed by atoms with E-state index < -0.39 is 0 Å². The van der Waals surface area contributed by atoms with Gasteiger partial charge in [0, 0.05) is 30.2 Å². The van der Waals surface area contributed by atoms with E-state index in [9.17, 15) is 4.79 Å². The van der Waals surface area contributed by atoms with E-state index in [0.717, 1.165) is 35.2 Å². The highest BCUT2D eigenvalue weighted by Gasteiger charge is 2.35. The van der Waals surface area contributed by atoms with Crippen molar-refractivity contribution < 1.29 is 9.53 Å². The quantitative estimate of drug-likeness (QED) is 0.660. The van der Waals surface area contributed by atoms with Gasteiger partial charge in [-0.15, -0.1) is 0 Å². The molecule has 0 saturated carbocycles. The molecule has 4 nitrogen and oxygen atoms in total. The molecule has 1 atom stereocenters. The van der Waals surface area contributed by atoms with Gasteiger partial charge in [-0.25, -0.2) is 4.79 Å². The Hall–Kier alpha value is -2.27. The van der Waals surface area contributed by atoms with Crippen molar-refractivity contribution in [1.29, 1.82) is 0 Å². The maximum absolute atomic E-state index is 12.1. The van der Waals surface area contributed by atoms with Gasteiger partial charge in [0.05, 0.1) is 20.1 Å². The minimum absolute atomic E-state index is 0.142. The van der Waals surface area contributed by atoms with Gasteiger partial charge in [-0.1, -0.05) is 36.1 Å². The largest absolute Gasteiger partial charge is 0.450 e. The van der Waals surface area contributed by atoms with Crippen molar-refractivity contribution in [1.82, 2.24) is 9.88 Å². The van der Waals surface area contributed by atoms with Crippen LogP contribution in [0.4, 0.5) is 4.79 Å². The number of hydrogen-bond donors (Lipinski definition) is 0. The van der Waals surface area contributed by atoms with E-state index in [4.69, 9.17) is 29.2 Å². The average molecular weight is 407 g/mol. The Morgan fingerprint density at radius 2 is 2.10 bits per heavy atom. The molecule has 2 aromatic rings. The Morgan fingerprint density at radius 3 is 2.83 bits per heavy atom. The number of amides is 1. The number of halogens is 1. The fraction of sp³-hybridized carbons (Fsp3) is 0.391. The fourth-order valence-corrected chi connectivity index (χ4v) is 4.76. The Bertz CT molecular complexity index is 938. The number of likely N-dealkylation sites (tertiary alicyclic amines) is 1. The lowest BCUT2D eigenvalue weighted by Crippen LogP contribution is -2.40. The number of fused-ring (bicyclic) bond motifs is 2. The second-order valence-corrected chi connectivity index (χ2v) is 8.02. The molecule has 1 aliphatic heterocycles. The van der Waals surface area contributed by atoms with Crippen LogP contribution in [0.5, 0.6) is 0 Å². The Morgan fingerprint density at radius 1 is 1.31 bits per heavy atom. The molecule has 2 aliphatic rings. The second kappa shape index (κ2) is 8.62. The normalized spacial score (nSPS) is 19.0. The number of piperidine rings is 1. The number of hydrogen-bond acceptors (Lipinski definition) is 3. The molecule has 1 unspecified atom stereocenters. The molecule has 1 aliphatic carbocycles. The summed E-state index contributed by atoms with van der Waals surface area (Å²) in [4.78, 5) is 18.7. The highest BCUT2D eigenvalue weighted by Crippen LogP contribution is 2.45. The van der Waals surface area contributed by atoms with Gasteiger partial charge >= 0.3 is 6.09 Å². The molecule has 0 spiro atoms. The summed E-state index contributed by atoms with van der Waals surface area (Å²) in [5, 5.41) is 0.714. The Kier molecular flexibility index (Phi) is 5.95.